The topological polar surface area (TPSA) is 78.6 Å². The minimum Gasteiger partial charge on any atom is -0.471 e. The lowest BCUT2D eigenvalue weighted by molar-refractivity contribution is 0.284. The van der Waals surface area contributed by atoms with Crippen molar-refractivity contribution in [1.29, 1.82) is 0 Å². The molecule has 0 fully saturated rings. The molecule has 1 rings (SSSR count). The first-order valence-corrected chi connectivity index (χ1v) is 5.77. The Balaban J connectivity index is 2.64. The van der Waals surface area contributed by atoms with E-state index < -0.39 is 10.1 Å². The molecule has 0 amide bonds. The Kier molecular flexibility index (Phi) is 3.73. The van der Waals surface area contributed by atoms with Crippen LogP contribution in [0, 0.1) is 0 Å². The fourth-order valence-corrected chi connectivity index (χ4v) is 1.13. The van der Waals surface area contributed by atoms with Gasteiger partial charge in [-0.2, -0.15) is 8.42 Å². The maximum Gasteiger partial charge on any atom is 0.331 e. The van der Waals surface area contributed by atoms with E-state index in [1.807, 2.05) is 0 Å². The molecule has 0 N–H and O–H groups in total. The number of nitrogens with zero attached hydrogens (tertiary/aromatic N) is 1. The number of ether oxygens (including phenoxy) is 1. The average molecular weight is 233 g/mol. The van der Waals surface area contributed by atoms with Crippen LogP contribution in [-0.4, -0.2) is 25.9 Å². The normalized spacial score (nSPS) is 11.0. The Bertz CT molecular complexity index is 422. The SMILES string of the molecule is C=CCOc1cc(OS(=O)(=O)CC)on1. The zero-order valence-corrected chi connectivity index (χ0v) is 8.99. The Morgan fingerprint density at radius 3 is 3.00 bits per heavy atom. The Labute approximate surface area is 87.6 Å². The van der Waals surface area contributed by atoms with Crippen molar-refractivity contribution in [3.05, 3.63) is 18.7 Å². The molecule has 0 spiro atoms. The van der Waals surface area contributed by atoms with Gasteiger partial charge in [-0.25, -0.2) is 0 Å². The van der Waals surface area contributed by atoms with Crippen LogP contribution in [0.2, 0.25) is 0 Å². The summed E-state index contributed by atoms with van der Waals surface area (Å²) in [7, 11) is -3.59. The molecule has 0 radical (unpaired) electrons. The lowest BCUT2D eigenvalue weighted by Gasteiger charge is -1.97. The predicted octanol–water partition coefficient (Wildman–Crippen LogP) is 0.968. The summed E-state index contributed by atoms with van der Waals surface area (Å²) in [6, 6.07) is 1.25. The van der Waals surface area contributed by atoms with Gasteiger partial charge >= 0.3 is 16.1 Å². The molecular formula is C8H11NO5S. The molecule has 1 aromatic heterocycles. The van der Waals surface area contributed by atoms with Crippen LogP contribution in [0.5, 0.6) is 11.8 Å². The van der Waals surface area contributed by atoms with E-state index in [1.54, 1.807) is 0 Å². The van der Waals surface area contributed by atoms with E-state index in [0.717, 1.165) is 0 Å². The van der Waals surface area contributed by atoms with Crippen molar-refractivity contribution >= 4 is 10.1 Å². The van der Waals surface area contributed by atoms with Crippen molar-refractivity contribution in [2.24, 2.45) is 0 Å². The number of rotatable bonds is 6. The van der Waals surface area contributed by atoms with Crippen molar-refractivity contribution in [3.8, 4) is 11.8 Å². The molecule has 1 heterocycles. The standard InChI is InChI=1S/C8H11NO5S/c1-3-5-12-7-6-8(13-9-7)14-15(10,11)4-2/h3,6H,1,4-5H2,2H3. The molecule has 0 unspecified atom stereocenters. The van der Waals surface area contributed by atoms with E-state index in [-0.39, 0.29) is 24.2 Å². The highest BCUT2D eigenvalue weighted by Gasteiger charge is 2.14. The van der Waals surface area contributed by atoms with Crippen LogP contribution in [0.25, 0.3) is 0 Å². The number of hydrogen-bond donors (Lipinski definition) is 0. The molecule has 0 bridgehead atoms. The molecule has 0 saturated heterocycles. The zero-order chi connectivity index (χ0) is 11.3. The molecule has 0 aliphatic carbocycles. The van der Waals surface area contributed by atoms with E-state index in [9.17, 15) is 8.42 Å². The quantitative estimate of drug-likeness (QED) is 0.538. The second-order valence-electron chi connectivity index (χ2n) is 2.51. The number of aromatic nitrogens is 1. The molecule has 0 atom stereocenters. The lowest BCUT2D eigenvalue weighted by Crippen LogP contribution is -2.10. The Hall–Kier alpha value is -1.50. The van der Waals surface area contributed by atoms with Gasteiger partial charge in [-0.05, 0) is 12.1 Å². The van der Waals surface area contributed by atoms with E-state index in [0.29, 0.717) is 0 Å². The highest BCUT2D eigenvalue weighted by molar-refractivity contribution is 7.87. The van der Waals surface area contributed by atoms with Crippen LogP contribution in [0.1, 0.15) is 6.92 Å². The first-order valence-electron chi connectivity index (χ1n) is 4.20. The van der Waals surface area contributed by atoms with E-state index in [2.05, 4.69) is 20.4 Å². The summed E-state index contributed by atoms with van der Waals surface area (Å²) in [6.07, 6.45) is 1.53. The predicted molar refractivity (Wildman–Crippen MR) is 52.3 cm³/mol. The lowest BCUT2D eigenvalue weighted by atomic mass is 10.6. The average Bonchev–Trinajstić information content (AvgIpc) is 2.62. The summed E-state index contributed by atoms with van der Waals surface area (Å²) in [6.45, 7) is 5.16. The Morgan fingerprint density at radius 2 is 2.40 bits per heavy atom. The molecule has 1 aromatic rings. The van der Waals surface area contributed by atoms with Gasteiger partial charge in [-0.15, -0.1) is 0 Å². The van der Waals surface area contributed by atoms with Gasteiger partial charge in [0, 0.05) is 0 Å². The van der Waals surface area contributed by atoms with E-state index >= 15 is 0 Å². The first kappa shape index (κ1) is 11.6. The Morgan fingerprint density at radius 1 is 1.67 bits per heavy atom. The third-order valence-corrected chi connectivity index (χ3v) is 2.50. The minimum atomic E-state index is -3.59. The van der Waals surface area contributed by atoms with Gasteiger partial charge in [-0.1, -0.05) is 12.7 Å². The van der Waals surface area contributed by atoms with Gasteiger partial charge in [-0.3, -0.25) is 0 Å². The highest BCUT2D eigenvalue weighted by atomic mass is 32.2. The summed E-state index contributed by atoms with van der Waals surface area (Å²) < 4.78 is 36.2. The summed E-state index contributed by atoms with van der Waals surface area (Å²) in [5.74, 6) is -0.205. The van der Waals surface area contributed by atoms with Gasteiger partial charge in [0.2, 0.25) is 0 Å². The summed E-state index contributed by atoms with van der Waals surface area (Å²) >= 11 is 0. The minimum absolute atomic E-state index is 0.142. The molecule has 0 aliphatic heterocycles. The second kappa shape index (κ2) is 4.83. The van der Waals surface area contributed by atoms with Gasteiger partial charge in [0.05, 0.1) is 11.8 Å². The number of hydrogen-bond acceptors (Lipinski definition) is 6. The van der Waals surface area contributed by atoms with Crippen molar-refractivity contribution in [2.75, 3.05) is 12.4 Å². The molecule has 0 aliphatic rings. The maximum absolute atomic E-state index is 11.0. The highest BCUT2D eigenvalue weighted by Crippen LogP contribution is 2.19. The van der Waals surface area contributed by atoms with Gasteiger partial charge < -0.3 is 13.4 Å². The molecule has 0 saturated carbocycles. The van der Waals surface area contributed by atoms with Crippen LogP contribution in [-0.2, 0) is 10.1 Å². The monoisotopic (exact) mass is 233 g/mol. The van der Waals surface area contributed by atoms with Crippen molar-refractivity contribution in [2.45, 2.75) is 6.92 Å². The van der Waals surface area contributed by atoms with Crippen LogP contribution in [0.15, 0.2) is 23.2 Å². The van der Waals surface area contributed by atoms with Gasteiger partial charge in [0.25, 0.3) is 5.88 Å². The molecule has 0 aromatic carbocycles. The molecule has 6 nitrogen and oxygen atoms in total. The van der Waals surface area contributed by atoms with Gasteiger partial charge in [0.15, 0.2) is 0 Å². The van der Waals surface area contributed by atoms with Crippen LogP contribution in [0.3, 0.4) is 0 Å². The molecular weight excluding hydrogens is 222 g/mol. The first-order chi connectivity index (χ1) is 7.07. The fourth-order valence-electron chi connectivity index (χ4n) is 0.679. The largest absolute Gasteiger partial charge is 0.471 e. The van der Waals surface area contributed by atoms with Crippen LogP contribution >= 0.6 is 0 Å². The van der Waals surface area contributed by atoms with E-state index in [4.69, 9.17) is 4.74 Å². The summed E-state index contributed by atoms with van der Waals surface area (Å²) in [5, 5.41) is 3.44. The molecule has 7 heteroatoms. The maximum atomic E-state index is 11.0. The van der Waals surface area contributed by atoms with Crippen molar-refractivity contribution in [1.82, 2.24) is 5.16 Å². The zero-order valence-electron chi connectivity index (χ0n) is 8.17. The van der Waals surface area contributed by atoms with E-state index in [1.165, 1.54) is 19.1 Å². The van der Waals surface area contributed by atoms with Crippen molar-refractivity contribution in [3.63, 3.8) is 0 Å². The van der Waals surface area contributed by atoms with Gasteiger partial charge in [0.1, 0.15) is 6.61 Å². The molecule has 15 heavy (non-hydrogen) atoms. The van der Waals surface area contributed by atoms with Crippen molar-refractivity contribution < 1.29 is 21.9 Å². The second-order valence-corrected chi connectivity index (χ2v) is 4.37. The smallest absolute Gasteiger partial charge is 0.331 e. The molecule has 84 valence electrons. The third-order valence-electron chi connectivity index (χ3n) is 1.38. The summed E-state index contributed by atoms with van der Waals surface area (Å²) in [4.78, 5) is 0. The van der Waals surface area contributed by atoms with Crippen LogP contribution in [0.4, 0.5) is 0 Å². The van der Waals surface area contributed by atoms with Crippen LogP contribution < -0.4 is 8.92 Å². The third kappa shape index (κ3) is 3.62. The summed E-state index contributed by atoms with van der Waals surface area (Å²) in [5.41, 5.74) is 0. The fraction of sp³-hybridized carbons (Fsp3) is 0.375.